The predicted octanol–water partition coefficient (Wildman–Crippen LogP) is -14.0. The van der Waals surface area contributed by atoms with Crippen LogP contribution in [0.4, 0.5) is 0 Å². The van der Waals surface area contributed by atoms with Crippen molar-refractivity contribution in [2.24, 2.45) is 28.7 Å². The molecule has 0 aliphatic heterocycles. The third kappa shape index (κ3) is 43.4. The molecule has 0 saturated heterocycles. The number of nitrogens with zero attached hydrogens (tertiary/aromatic N) is 3. The molecule has 0 aliphatic carbocycles. The number of nitrogens with two attached hydrogens (primary N) is 5. The van der Waals surface area contributed by atoms with Crippen LogP contribution in [0.2, 0.25) is 0 Å². The van der Waals surface area contributed by atoms with Gasteiger partial charge in [0, 0.05) is 80.1 Å². The number of aliphatic hydroxyl groups excluding tert-OH is 1. The summed E-state index contributed by atoms with van der Waals surface area (Å²) >= 11 is 0. The SMILES string of the molecule is C[C@H](NC(=O)C(CCc1c[n+](CC(O)CCC(NC(=O)[C@@H](N)CCC(=O)O)C(=O)N[C@@H](C)C(=O)N[C@@H](Cc2cnc[nH]2)C(=O)N[C@@H](CC(=O)O)C(=O)NCC(=O)NCC(=O)N[C@@H](CCCNC(=N)N)C(=O)O)cc(O)c1CC(N)C(=O)O)NC(=O)[C@@H](N)CCC(=O)O)C(=O)N[C@@H](Cc1cnc[nH]1)C(=O)N[C@@H](CC(=O)O)C(=O)NCC(=O)NCC(=O)N[C@@H](CCCNC(=N)N)C(=O)O. The molecule has 728 valence electrons. The summed E-state index contributed by atoms with van der Waals surface area (Å²) in [7, 11) is 0. The van der Waals surface area contributed by atoms with Gasteiger partial charge in [-0.15, -0.1) is 0 Å². The molecule has 58 heteroatoms. The maximum Gasteiger partial charge on any atom is 0.326 e. The maximum atomic E-state index is 14.5. The largest absolute Gasteiger partial charge is 0.503 e. The number of aryl methyl sites for hydroxylation is 1. The van der Waals surface area contributed by atoms with E-state index in [1.54, 1.807) is 0 Å². The minimum Gasteiger partial charge on any atom is -0.503 e. The number of carbonyl (C=O) groups excluding carboxylic acids is 14. The van der Waals surface area contributed by atoms with Crippen LogP contribution in [0.25, 0.3) is 0 Å². The van der Waals surface area contributed by atoms with Gasteiger partial charge in [-0.3, -0.25) is 102 Å². The number of aliphatic carboxylic acids is 7. The van der Waals surface area contributed by atoms with Gasteiger partial charge in [0.15, 0.2) is 30.4 Å². The summed E-state index contributed by atoms with van der Waals surface area (Å²) in [5.74, 6) is -28.0. The molecule has 0 radical (unpaired) electrons. The van der Waals surface area contributed by atoms with Crippen LogP contribution in [0, 0.1) is 10.8 Å². The standard InChI is InChI=1S/C74H112N28O30/c1-33(60(117)98-47(17-36-22-82-31-90-36)68(125)100-49(20-58(113)114)64(121)88-24-52(105)86-26-54(107)94-45(71(129)130)5-3-15-84-73(78)79)92-66(123)43(96-62(119)40(75)9-13-56(109)110)11-7-35-28-102(30-51(104)39(35)19-42(77)70(127)128)29-38(103)8-12-44(97-63(120)41(76)10-14-57(111)112)67(124)93-34(2)61(118)99-48(18-37-23-83-32-91-37)69(126)101-50(21-59(115)116)65(122)89-25-53(106)87-27-55(108)95-46(72(131)132)6-4-16-85-74(80)81/h22-23,28,30-34,38,40-50,103H,3-21,24-27,29,75-77H2,1-2H3,(H31-,78,79,80,81,82,83,84,85,86,87,88,89,90,91,92,93,94,95,96,97,98,99,100,101,104,105,106,107,108,109,110,111,112,113,114,115,116,117,118,119,120,121,122,123,124,125,126,127,128,129,130,131,132)/p+1/t33-,34-,38?,40-,41-,42?,43?,44?,45-,46-,47-,48-,49-,50-/m0/s1. The van der Waals surface area contributed by atoms with Crippen molar-refractivity contribution < 1.29 is 151 Å². The molecular formula is C74H113N28O30+. The number of imidazole rings is 2. The first-order valence-corrected chi connectivity index (χ1v) is 40.5. The van der Waals surface area contributed by atoms with E-state index < -0.39 is 331 Å². The molecule has 3 aromatic rings. The van der Waals surface area contributed by atoms with Gasteiger partial charge in [0.2, 0.25) is 88.9 Å². The van der Waals surface area contributed by atoms with Crippen molar-refractivity contribution in [2.45, 2.75) is 214 Å². The second kappa shape index (κ2) is 56.7. The molecule has 0 aromatic carbocycles. The summed E-state index contributed by atoms with van der Waals surface area (Å²) in [5.41, 5.74) is 28.5. The molecule has 0 bridgehead atoms. The minimum absolute atomic E-state index is 0.0509. The van der Waals surface area contributed by atoms with E-state index in [9.17, 15) is 147 Å². The lowest BCUT2D eigenvalue weighted by atomic mass is 9.96. The van der Waals surface area contributed by atoms with Crippen molar-refractivity contribution in [3.05, 3.63) is 60.0 Å². The third-order valence-electron chi connectivity index (χ3n) is 19.0. The van der Waals surface area contributed by atoms with Crippen LogP contribution in [0.5, 0.6) is 5.75 Å². The van der Waals surface area contributed by atoms with Crippen LogP contribution in [0.1, 0.15) is 120 Å². The van der Waals surface area contributed by atoms with Gasteiger partial charge in [-0.05, 0) is 78.1 Å². The fourth-order valence-corrected chi connectivity index (χ4v) is 11.9. The molecule has 4 unspecified atom stereocenters. The van der Waals surface area contributed by atoms with Crippen molar-refractivity contribution in [1.29, 1.82) is 10.8 Å². The quantitative estimate of drug-likeness (QED) is 0.0108. The van der Waals surface area contributed by atoms with E-state index in [1.807, 2.05) is 0 Å². The van der Waals surface area contributed by atoms with E-state index in [2.05, 4.69) is 105 Å². The van der Waals surface area contributed by atoms with Crippen LogP contribution >= 0.6 is 0 Å². The number of pyridine rings is 1. The lowest BCUT2D eigenvalue weighted by molar-refractivity contribution is -0.704. The summed E-state index contributed by atoms with van der Waals surface area (Å²) in [6, 6.07) is -22.3. The highest BCUT2D eigenvalue weighted by molar-refractivity contribution is 6.00. The van der Waals surface area contributed by atoms with Gasteiger partial charge in [0.1, 0.15) is 72.6 Å². The lowest BCUT2D eigenvalue weighted by Gasteiger charge is -2.25. The molecule has 39 N–H and O–H groups in total. The molecular weight excluding hydrogens is 1760 g/mol. The molecule has 0 aliphatic rings. The Morgan fingerprint density at radius 1 is 0.394 bits per heavy atom. The molecule has 0 fully saturated rings. The van der Waals surface area contributed by atoms with Crippen LogP contribution in [0.3, 0.4) is 0 Å². The van der Waals surface area contributed by atoms with Crippen LogP contribution in [-0.4, -0.2) is 326 Å². The number of hydrogen-bond acceptors (Lipinski definition) is 30. The number of nitrogens with one attached hydrogen (secondary N) is 20. The Kier molecular flexibility index (Phi) is 47.6. The number of rotatable bonds is 63. The number of aromatic hydroxyl groups is 1. The topological polar surface area (TPSA) is 972 Å². The van der Waals surface area contributed by atoms with E-state index in [4.69, 9.17) is 39.5 Å². The zero-order valence-electron chi connectivity index (χ0n) is 71.3. The maximum absolute atomic E-state index is 14.5. The van der Waals surface area contributed by atoms with Crippen molar-refractivity contribution in [2.75, 3.05) is 39.3 Å². The first kappa shape index (κ1) is 111. The average Bonchev–Trinajstić information content (AvgIpc) is 1.02. The Labute approximate surface area is 748 Å². The molecule has 3 heterocycles. The number of hydrogen-bond donors (Lipinski definition) is 34. The summed E-state index contributed by atoms with van der Waals surface area (Å²) in [5, 5.41) is 141. The third-order valence-corrected chi connectivity index (χ3v) is 19.0. The van der Waals surface area contributed by atoms with Crippen LogP contribution < -0.4 is 118 Å². The molecule has 3 aromatic heterocycles. The van der Waals surface area contributed by atoms with Crippen molar-refractivity contribution in [1.82, 2.24) is 105 Å². The summed E-state index contributed by atoms with van der Waals surface area (Å²) < 4.78 is 1.14. The Bertz CT molecular complexity index is 4580. The second-order valence-electron chi connectivity index (χ2n) is 29.8. The van der Waals surface area contributed by atoms with Crippen LogP contribution in [-0.2, 0) is 133 Å². The summed E-state index contributed by atoms with van der Waals surface area (Å²) in [4.78, 5) is 286. The van der Waals surface area contributed by atoms with E-state index in [0.29, 0.717) is 0 Å². The smallest absolute Gasteiger partial charge is 0.326 e. The Morgan fingerprint density at radius 2 is 0.773 bits per heavy atom. The van der Waals surface area contributed by atoms with Gasteiger partial charge in [0.05, 0.1) is 63.8 Å². The summed E-state index contributed by atoms with van der Waals surface area (Å²) in [6.07, 6.45) is -2.81. The van der Waals surface area contributed by atoms with Crippen molar-refractivity contribution in [3.63, 3.8) is 0 Å². The molecule has 132 heavy (non-hydrogen) atoms. The number of carboxylic acid groups (broad SMARTS) is 7. The monoisotopic (exact) mass is 1870 g/mol. The van der Waals surface area contributed by atoms with Gasteiger partial charge >= 0.3 is 41.8 Å². The lowest BCUT2D eigenvalue weighted by Crippen LogP contribution is -2.59. The Balaban J connectivity index is 1.93. The van der Waals surface area contributed by atoms with E-state index in [0.717, 1.165) is 24.6 Å². The highest BCUT2D eigenvalue weighted by Crippen LogP contribution is 2.24. The predicted molar refractivity (Wildman–Crippen MR) is 446 cm³/mol. The number of H-pyrrole nitrogens is 2. The number of aromatic amines is 2. The van der Waals surface area contributed by atoms with Gasteiger partial charge in [0.25, 0.3) is 0 Å². The zero-order chi connectivity index (χ0) is 99.2. The van der Waals surface area contributed by atoms with Gasteiger partial charge in [-0.25, -0.2) is 19.6 Å². The number of guanidine groups is 2. The summed E-state index contributed by atoms with van der Waals surface area (Å²) in [6.45, 7) is -1.66. The van der Waals surface area contributed by atoms with Crippen molar-refractivity contribution >= 4 is 136 Å². The minimum atomic E-state index is -1.99. The van der Waals surface area contributed by atoms with E-state index in [-0.39, 0.29) is 73.2 Å². The average molecular weight is 1870 g/mol. The molecule has 3 rings (SSSR count). The molecule has 14 atom stereocenters. The second-order valence-corrected chi connectivity index (χ2v) is 29.8. The Hall–Kier alpha value is -15.4. The van der Waals surface area contributed by atoms with Gasteiger partial charge in [-0.2, -0.15) is 4.57 Å². The van der Waals surface area contributed by atoms with Crippen molar-refractivity contribution in [3.8, 4) is 5.75 Å². The molecule has 0 spiro atoms. The number of aliphatic hydroxyl groups is 1. The van der Waals surface area contributed by atoms with Gasteiger partial charge in [-0.1, -0.05) is 0 Å². The van der Waals surface area contributed by atoms with E-state index in [1.165, 1.54) is 31.2 Å². The van der Waals surface area contributed by atoms with Crippen LogP contribution in [0.15, 0.2) is 37.4 Å². The number of amides is 14. The first-order valence-electron chi connectivity index (χ1n) is 40.5. The first-order chi connectivity index (χ1) is 62.0. The molecule has 0 saturated carbocycles. The zero-order valence-corrected chi connectivity index (χ0v) is 71.3. The van der Waals surface area contributed by atoms with Gasteiger partial charge < -0.3 is 170 Å². The fraction of sp³-hybridized carbons (Fsp3) is 0.541. The molecule has 14 amide bonds. The molecule has 58 nitrogen and oxygen atoms in total. The number of aromatic nitrogens is 5. The highest BCUT2D eigenvalue weighted by atomic mass is 16.4. The fourth-order valence-electron chi connectivity index (χ4n) is 11.9. The number of carboxylic acids is 7. The number of carbonyl (C=O) groups is 21. The normalized spacial score (nSPS) is 14.1. The van der Waals surface area contributed by atoms with E-state index >= 15 is 0 Å². The Morgan fingerprint density at radius 3 is 1.14 bits per heavy atom. The highest BCUT2D eigenvalue weighted by Gasteiger charge is 2.37.